The number of benzene rings is 1. The quantitative estimate of drug-likeness (QED) is 0.826. The zero-order valence-electron chi connectivity index (χ0n) is 11.9. The Morgan fingerprint density at radius 3 is 2.65 bits per heavy atom. The first-order valence-electron chi connectivity index (χ1n) is 6.76. The summed E-state index contributed by atoms with van der Waals surface area (Å²) in [7, 11) is 1.34. The lowest BCUT2D eigenvalue weighted by atomic mass is 9.80. The van der Waals surface area contributed by atoms with Gasteiger partial charge in [-0.3, -0.25) is 4.79 Å². The van der Waals surface area contributed by atoms with Gasteiger partial charge in [-0.1, -0.05) is 13.0 Å². The molecule has 1 aromatic rings. The van der Waals surface area contributed by atoms with Gasteiger partial charge in [0.1, 0.15) is 0 Å². The van der Waals surface area contributed by atoms with Crippen LogP contribution in [0, 0.1) is 5.41 Å². The summed E-state index contributed by atoms with van der Waals surface area (Å²) >= 11 is 0. The highest BCUT2D eigenvalue weighted by Gasteiger charge is 2.34. The molecule has 2 rings (SSSR count). The van der Waals surface area contributed by atoms with Crippen molar-refractivity contribution in [3.8, 4) is 0 Å². The molecular formula is C15H20N2O3. The molecule has 0 radical (unpaired) electrons. The van der Waals surface area contributed by atoms with Crippen molar-refractivity contribution in [2.75, 3.05) is 25.5 Å². The summed E-state index contributed by atoms with van der Waals surface area (Å²) in [6.45, 7) is 3.69. The molecule has 5 nitrogen and oxygen atoms in total. The molecule has 1 aliphatic heterocycles. The van der Waals surface area contributed by atoms with E-state index in [4.69, 9.17) is 0 Å². The first-order valence-corrected chi connectivity index (χ1v) is 6.76. The number of hydrogen-bond donors (Lipinski definition) is 2. The molecule has 0 aromatic heterocycles. The van der Waals surface area contributed by atoms with E-state index < -0.39 is 5.97 Å². The molecule has 1 aromatic carbocycles. The highest BCUT2D eigenvalue weighted by molar-refractivity contribution is 5.97. The Kier molecular flexibility index (Phi) is 4.39. The average molecular weight is 276 g/mol. The number of hydrogen-bond acceptors (Lipinski definition) is 4. The van der Waals surface area contributed by atoms with E-state index in [-0.39, 0.29) is 11.3 Å². The van der Waals surface area contributed by atoms with Crippen molar-refractivity contribution in [3.63, 3.8) is 0 Å². The van der Waals surface area contributed by atoms with E-state index >= 15 is 0 Å². The summed E-state index contributed by atoms with van der Waals surface area (Å²) in [6.07, 6.45) is 1.63. The van der Waals surface area contributed by atoms with Crippen LogP contribution in [0.3, 0.4) is 0 Å². The van der Waals surface area contributed by atoms with Crippen LogP contribution in [0.15, 0.2) is 24.3 Å². The van der Waals surface area contributed by atoms with Crippen LogP contribution in [0.1, 0.15) is 30.1 Å². The van der Waals surface area contributed by atoms with E-state index in [0.29, 0.717) is 11.3 Å². The topological polar surface area (TPSA) is 67.4 Å². The van der Waals surface area contributed by atoms with Gasteiger partial charge in [-0.2, -0.15) is 0 Å². The predicted octanol–water partition coefficient (Wildman–Crippen LogP) is 1.80. The van der Waals surface area contributed by atoms with Gasteiger partial charge in [0, 0.05) is 11.1 Å². The van der Waals surface area contributed by atoms with Crippen LogP contribution in [0.25, 0.3) is 0 Å². The maximum Gasteiger partial charge on any atom is 0.337 e. The molecule has 0 unspecified atom stereocenters. The smallest absolute Gasteiger partial charge is 0.337 e. The summed E-state index contributed by atoms with van der Waals surface area (Å²) in [4.78, 5) is 23.9. The standard InChI is InChI=1S/C15H20N2O3/c1-15(6-8-16-9-7-15)14(19)17-12-5-3-4-11(10-12)13(18)20-2/h3-5,10,16H,6-9H2,1-2H3,(H,17,19). The molecule has 1 amide bonds. The van der Waals surface area contributed by atoms with E-state index in [1.165, 1.54) is 7.11 Å². The lowest BCUT2D eigenvalue weighted by molar-refractivity contribution is -0.126. The molecular weight excluding hydrogens is 256 g/mol. The summed E-state index contributed by atoms with van der Waals surface area (Å²) in [5.74, 6) is -0.407. The molecule has 1 aliphatic rings. The minimum absolute atomic E-state index is 0.000941. The van der Waals surface area contributed by atoms with E-state index in [0.717, 1.165) is 25.9 Å². The molecule has 0 spiro atoms. The first-order chi connectivity index (χ1) is 9.55. The van der Waals surface area contributed by atoms with Gasteiger partial charge in [-0.25, -0.2) is 4.79 Å². The fourth-order valence-electron chi connectivity index (χ4n) is 2.33. The normalized spacial score (nSPS) is 17.3. The minimum Gasteiger partial charge on any atom is -0.465 e. The van der Waals surface area contributed by atoms with E-state index in [1.54, 1.807) is 24.3 Å². The van der Waals surface area contributed by atoms with Crippen LogP contribution in [0.4, 0.5) is 5.69 Å². The van der Waals surface area contributed by atoms with Crippen LogP contribution in [-0.2, 0) is 9.53 Å². The number of carbonyl (C=O) groups excluding carboxylic acids is 2. The second-order valence-electron chi connectivity index (χ2n) is 5.34. The Labute approximate surface area is 118 Å². The van der Waals surface area contributed by atoms with Gasteiger partial charge >= 0.3 is 5.97 Å². The van der Waals surface area contributed by atoms with Gasteiger partial charge in [-0.05, 0) is 44.1 Å². The van der Waals surface area contributed by atoms with Gasteiger partial charge in [0.15, 0.2) is 0 Å². The van der Waals surface area contributed by atoms with E-state index in [9.17, 15) is 9.59 Å². The molecule has 0 bridgehead atoms. The second-order valence-corrected chi connectivity index (χ2v) is 5.34. The number of esters is 1. The molecule has 20 heavy (non-hydrogen) atoms. The molecule has 5 heteroatoms. The van der Waals surface area contributed by atoms with Crippen LogP contribution < -0.4 is 10.6 Å². The van der Waals surface area contributed by atoms with Gasteiger partial charge in [-0.15, -0.1) is 0 Å². The van der Waals surface area contributed by atoms with Crippen molar-refractivity contribution in [2.45, 2.75) is 19.8 Å². The number of nitrogens with one attached hydrogen (secondary N) is 2. The fraction of sp³-hybridized carbons (Fsp3) is 0.467. The minimum atomic E-state index is -0.408. The Morgan fingerprint density at radius 1 is 1.30 bits per heavy atom. The SMILES string of the molecule is COC(=O)c1cccc(NC(=O)C2(C)CCNCC2)c1. The number of methoxy groups -OCH3 is 1. The van der Waals surface area contributed by atoms with E-state index in [2.05, 4.69) is 15.4 Å². The molecule has 2 N–H and O–H groups in total. The van der Waals surface area contributed by atoms with Crippen LogP contribution in [0.2, 0.25) is 0 Å². The van der Waals surface area contributed by atoms with Crippen molar-refractivity contribution in [1.29, 1.82) is 0 Å². The fourth-order valence-corrected chi connectivity index (χ4v) is 2.33. The molecule has 0 aliphatic carbocycles. The van der Waals surface area contributed by atoms with Crippen LogP contribution in [-0.4, -0.2) is 32.1 Å². The molecule has 0 saturated carbocycles. The number of amides is 1. The molecule has 108 valence electrons. The zero-order chi connectivity index (χ0) is 14.6. The van der Waals surface area contributed by atoms with Gasteiger partial charge < -0.3 is 15.4 Å². The third-order valence-electron chi connectivity index (χ3n) is 3.80. The molecule has 1 fully saturated rings. The number of ether oxygens (including phenoxy) is 1. The Hall–Kier alpha value is -1.88. The van der Waals surface area contributed by atoms with Gasteiger partial charge in [0.2, 0.25) is 5.91 Å². The summed E-state index contributed by atoms with van der Waals surface area (Å²) in [6, 6.07) is 6.79. The van der Waals surface area contributed by atoms with Gasteiger partial charge in [0.25, 0.3) is 0 Å². The van der Waals surface area contributed by atoms with Crippen LogP contribution in [0.5, 0.6) is 0 Å². The third-order valence-corrected chi connectivity index (χ3v) is 3.80. The summed E-state index contributed by atoms with van der Waals surface area (Å²) in [5.41, 5.74) is 0.699. The summed E-state index contributed by atoms with van der Waals surface area (Å²) < 4.78 is 4.67. The lowest BCUT2D eigenvalue weighted by Crippen LogP contribution is -2.42. The Morgan fingerprint density at radius 2 is 2.00 bits per heavy atom. The highest BCUT2D eigenvalue weighted by atomic mass is 16.5. The maximum absolute atomic E-state index is 12.4. The number of piperidine rings is 1. The van der Waals surface area contributed by atoms with E-state index in [1.807, 2.05) is 6.92 Å². The number of rotatable bonds is 3. The molecule has 0 atom stereocenters. The number of anilines is 1. The van der Waals surface area contributed by atoms with Crippen molar-refractivity contribution in [2.24, 2.45) is 5.41 Å². The largest absolute Gasteiger partial charge is 0.465 e. The maximum atomic E-state index is 12.4. The van der Waals surface area contributed by atoms with Crippen molar-refractivity contribution in [1.82, 2.24) is 5.32 Å². The lowest BCUT2D eigenvalue weighted by Gasteiger charge is -2.32. The Balaban J connectivity index is 2.09. The predicted molar refractivity (Wildman–Crippen MR) is 76.6 cm³/mol. The van der Waals surface area contributed by atoms with Crippen LogP contribution >= 0.6 is 0 Å². The summed E-state index contributed by atoms with van der Waals surface area (Å²) in [5, 5.41) is 6.15. The zero-order valence-corrected chi connectivity index (χ0v) is 11.9. The molecule has 1 saturated heterocycles. The van der Waals surface area contributed by atoms with Crippen molar-refractivity contribution in [3.05, 3.63) is 29.8 Å². The van der Waals surface area contributed by atoms with Crippen molar-refractivity contribution < 1.29 is 14.3 Å². The monoisotopic (exact) mass is 276 g/mol. The first kappa shape index (κ1) is 14.5. The Bertz CT molecular complexity index is 508. The average Bonchev–Trinajstić information content (AvgIpc) is 2.47. The second kappa shape index (κ2) is 6.05. The molecule has 1 heterocycles. The third kappa shape index (κ3) is 3.17. The highest BCUT2D eigenvalue weighted by Crippen LogP contribution is 2.29. The van der Waals surface area contributed by atoms with Crippen molar-refractivity contribution >= 4 is 17.6 Å². The van der Waals surface area contributed by atoms with Gasteiger partial charge in [0.05, 0.1) is 12.7 Å². The number of carbonyl (C=O) groups is 2.